The number of nitrogens with two attached hydrogens (primary N) is 1. The van der Waals surface area contributed by atoms with Crippen LogP contribution in [0, 0.1) is 6.92 Å². The maximum atomic E-state index is 6.28. The first kappa shape index (κ1) is 16.1. The van der Waals surface area contributed by atoms with Crippen molar-refractivity contribution >= 4 is 49.8 Å². The van der Waals surface area contributed by atoms with Gasteiger partial charge < -0.3 is 10.7 Å². The molecule has 3 rings (SSSR count). The molecule has 0 saturated heterocycles. The summed E-state index contributed by atoms with van der Waals surface area (Å²) in [6.07, 6.45) is 3.15. The number of H-pyrrole nitrogens is 1. The van der Waals surface area contributed by atoms with Gasteiger partial charge in [-0.25, -0.2) is 0 Å². The number of halogens is 2. The van der Waals surface area contributed by atoms with Crippen molar-refractivity contribution in [1.82, 2.24) is 4.98 Å². The molecule has 3 N–H and O–H groups in total. The fourth-order valence-corrected chi connectivity index (χ4v) is 4.53. The maximum Gasteiger partial charge on any atom is 0.0705 e. The van der Waals surface area contributed by atoms with Gasteiger partial charge in [0, 0.05) is 15.9 Å². The van der Waals surface area contributed by atoms with Gasteiger partial charge in [0.2, 0.25) is 0 Å². The first-order valence-electron chi connectivity index (χ1n) is 7.36. The molecule has 2 nitrogen and oxygen atoms in total. The summed E-state index contributed by atoms with van der Waals surface area (Å²) in [4.78, 5) is 4.87. The highest BCUT2D eigenvalue weighted by Gasteiger charge is 2.16. The van der Waals surface area contributed by atoms with Gasteiger partial charge in [-0.05, 0) is 84.1 Å². The van der Waals surface area contributed by atoms with E-state index in [4.69, 9.17) is 17.3 Å². The number of hydrogen-bond donors (Lipinski definition) is 2. The van der Waals surface area contributed by atoms with Crippen molar-refractivity contribution < 1.29 is 0 Å². The highest BCUT2D eigenvalue weighted by Crippen LogP contribution is 2.38. The second kappa shape index (κ2) is 6.75. The van der Waals surface area contributed by atoms with Crippen LogP contribution < -0.4 is 5.73 Å². The van der Waals surface area contributed by atoms with E-state index >= 15 is 0 Å². The number of hydrogen-bond acceptors (Lipinski definition) is 2. The molecule has 2 heterocycles. The Morgan fingerprint density at radius 2 is 2.09 bits per heavy atom. The lowest BCUT2D eigenvalue weighted by molar-refractivity contribution is 0.748. The number of aryl methyl sites for hydroxylation is 2. The van der Waals surface area contributed by atoms with Crippen LogP contribution in [0.15, 0.2) is 28.1 Å². The van der Waals surface area contributed by atoms with Gasteiger partial charge in [0.1, 0.15) is 0 Å². The minimum atomic E-state index is 0.738. The van der Waals surface area contributed by atoms with Crippen LogP contribution in [0.4, 0.5) is 0 Å². The van der Waals surface area contributed by atoms with Gasteiger partial charge in [-0.3, -0.25) is 0 Å². The second-order valence-corrected chi connectivity index (χ2v) is 8.37. The summed E-state index contributed by atoms with van der Waals surface area (Å²) in [5.41, 5.74) is 10.6. The molecule has 1 aromatic carbocycles. The van der Waals surface area contributed by atoms with E-state index in [0.29, 0.717) is 0 Å². The average Bonchev–Trinajstić information content (AvgIpc) is 3.04. The predicted octanol–water partition coefficient (Wildman–Crippen LogP) is 5.90. The molecule has 22 heavy (non-hydrogen) atoms. The fourth-order valence-electron chi connectivity index (χ4n) is 2.85. The Hall–Kier alpha value is -0.810. The molecular formula is C17H18BrClN2S. The first-order valence-corrected chi connectivity index (χ1v) is 9.35. The summed E-state index contributed by atoms with van der Waals surface area (Å²) >= 11 is 11.6. The van der Waals surface area contributed by atoms with Gasteiger partial charge in [0.15, 0.2) is 0 Å². The zero-order valence-corrected chi connectivity index (χ0v) is 15.5. The van der Waals surface area contributed by atoms with Gasteiger partial charge in [-0.1, -0.05) is 11.6 Å². The Morgan fingerprint density at radius 3 is 2.77 bits per heavy atom. The lowest BCUT2D eigenvalue weighted by Crippen LogP contribution is -1.99. The molecule has 0 spiro atoms. The van der Waals surface area contributed by atoms with Crippen molar-refractivity contribution in [1.29, 1.82) is 0 Å². The third-order valence-electron chi connectivity index (χ3n) is 3.88. The van der Waals surface area contributed by atoms with Crippen molar-refractivity contribution in [2.75, 3.05) is 6.54 Å². The topological polar surface area (TPSA) is 41.8 Å². The van der Waals surface area contributed by atoms with E-state index in [1.807, 2.05) is 6.07 Å². The predicted molar refractivity (Wildman–Crippen MR) is 101 cm³/mol. The van der Waals surface area contributed by atoms with Crippen LogP contribution in [0.1, 0.15) is 24.0 Å². The molecule has 0 aliphatic rings. The van der Waals surface area contributed by atoms with E-state index < -0.39 is 0 Å². The molecule has 0 bridgehead atoms. The van der Waals surface area contributed by atoms with Crippen LogP contribution in [-0.4, -0.2) is 11.5 Å². The van der Waals surface area contributed by atoms with E-state index in [9.17, 15) is 0 Å². The number of benzene rings is 1. The van der Waals surface area contributed by atoms with Gasteiger partial charge in [0.25, 0.3) is 0 Å². The van der Waals surface area contributed by atoms with Crippen LogP contribution >= 0.6 is 38.9 Å². The second-order valence-electron chi connectivity index (χ2n) is 5.47. The maximum absolute atomic E-state index is 6.28. The first-order chi connectivity index (χ1) is 10.6. The van der Waals surface area contributed by atoms with Crippen LogP contribution in [-0.2, 0) is 6.42 Å². The van der Waals surface area contributed by atoms with Crippen molar-refractivity contribution in [2.24, 2.45) is 5.73 Å². The highest BCUT2D eigenvalue weighted by molar-refractivity contribution is 9.11. The Balaban J connectivity index is 2.16. The van der Waals surface area contributed by atoms with Crippen LogP contribution in [0.2, 0.25) is 5.02 Å². The summed E-state index contributed by atoms with van der Waals surface area (Å²) in [7, 11) is 0. The Kier molecular flexibility index (Phi) is 4.93. The summed E-state index contributed by atoms with van der Waals surface area (Å²) in [6, 6.07) is 8.33. The number of fused-ring (bicyclic) bond motifs is 1. The minimum absolute atomic E-state index is 0.738. The number of aromatic nitrogens is 1. The molecule has 5 heteroatoms. The third kappa shape index (κ3) is 3.11. The number of aromatic amines is 1. The van der Waals surface area contributed by atoms with Crippen molar-refractivity contribution in [3.05, 3.63) is 44.2 Å². The zero-order chi connectivity index (χ0) is 15.7. The molecule has 0 atom stereocenters. The van der Waals surface area contributed by atoms with Crippen molar-refractivity contribution in [2.45, 2.75) is 26.2 Å². The fraction of sp³-hybridized carbons (Fsp3) is 0.294. The van der Waals surface area contributed by atoms with Crippen molar-refractivity contribution in [3.8, 4) is 10.6 Å². The van der Waals surface area contributed by atoms with Crippen LogP contribution in [0.5, 0.6) is 0 Å². The normalized spacial score (nSPS) is 11.5. The summed E-state index contributed by atoms with van der Waals surface area (Å²) in [5.74, 6) is 0. The molecule has 0 fully saturated rings. The molecular weight excluding hydrogens is 380 g/mol. The van der Waals surface area contributed by atoms with Gasteiger partial charge >= 0.3 is 0 Å². The van der Waals surface area contributed by atoms with E-state index in [1.54, 1.807) is 11.3 Å². The molecule has 3 aromatic rings. The molecule has 0 amide bonds. The monoisotopic (exact) mass is 396 g/mol. The Bertz CT molecular complexity index is 806. The smallest absolute Gasteiger partial charge is 0.0705 e. The lowest BCUT2D eigenvalue weighted by atomic mass is 10.0. The molecule has 0 aliphatic heterocycles. The van der Waals surface area contributed by atoms with E-state index in [0.717, 1.165) is 34.6 Å². The van der Waals surface area contributed by atoms with Gasteiger partial charge in [-0.2, -0.15) is 0 Å². The molecule has 116 valence electrons. The summed E-state index contributed by atoms with van der Waals surface area (Å²) in [5, 5.41) is 2.03. The number of unbranched alkanes of at least 4 members (excludes halogenated alkanes) is 1. The summed E-state index contributed by atoms with van der Waals surface area (Å²) in [6.45, 7) is 2.84. The molecule has 2 aromatic heterocycles. The minimum Gasteiger partial charge on any atom is -0.353 e. The Morgan fingerprint density at radius 1 is 1.27 bits per heavy atom. The third-order valence-corrected chi connectivity index (χ3v) is 5.74. The van der Waals surface area contributed by atoms with E-state index in [-0.39, 0.29) is 0 Å². The van der Waals surface area contributed by atoms with Gasteiger partial charge in [0.05, 0.1) is 14.4 Å². The number of nitrogens with one attached hydrogen (secondary N) is 1. The lowest BCUT2D eigenvalue weighted by Gasteiger charge is -2.04. The SMILES string of the molecule is Cc1cc(Cl)cc2c(CCCCN)c(-c3ccc(Br)s3)[nH]c12. The molecule has 0 unspecified atom stereocenters. The standard InChI is InChI=1S/C17H18BrClN2S/c1-10-8-11(19)9-13-12(4-2-3-7-20)17(21-16(10)13)14-5-6-15(18)22-14/h5-6,8-9,21H,2-4,7,20H2,1H3. The quantitative estimate of drug-likeness (QED) is 0.517. The highest BCUT2D eigenvalue weighted by atomic mass is 79.9. The molecule has 0 aliphatic carbocycles. The number of rotatable bonds is 5. The van der Waals surface area contributed by atoms with E-state index in [2.05, 4.69) is 46.0 Å². The average molecular weight is 398 g/mol. The molecule has 0 radical (unpaired) electrons. The summed E-state index contributed by atoms with van der Waals surface area (Å²) < 4.78 is 1.14. The Labute approximate surface area is 147 Å². The number of thiophene rings is 1. The largest absolute Gasteiger partial charge is 0.353 e. The van der Waals surface area contributed by atoms with Gasteiger partial charge in [-0.15, -0.1) is 11.3 Å². The molecule has 0 saturated carbocycles. The zero-order valence-electron chi connectivity index (χ0n) is 12.4. The van der Waals surface area contributed by atoms with E-state index in [1.165, 1.54) is 32.6 Å². The van der Waals surface area contributed by atoms with Crippen LogP contribution in [0.3, 0.4) is 0 Å². The van der Waals surface area contributed by atoms with Crippen LogP contribution in [0.25, 0.3) is 21.5 Å². The van der Waals surface area contributed by atoms with Crippen molar-refractivity contribution in [3.63, 3.8) is 0 Å².